The van der Waals surface area contributed by atoms with Gasteiger partial charge < -0.3 is 9.73 Å². The van der Waals surface area contributed by atoms with Crippen molar-refractivity contribution in [3.8, 4) is 0 Å². The molecule has 0 fully saturated rings. The molecule has 0 aliphatic heterocycles. The average Bonchev–Trinajstić information content (AvgIpc) is 2.84. The van der Waals surface area contributed by atoms with Crippen LogP contribution in [0.4, 0.5) is 0 Å². The van der Waals surface area contributed by atoms with Gasteiger partial charge in [0.05, 0.1) is 12.6 Å². The zero-order valence-corrected chi connectivity index (χ0v) is 12.3. The van der Waals surface area contributed by atoms with Gasteiger partial charge in [-0.1, -0.05) is 32.0 Å². The number of hydrogen-bond donors (Lipinski definition) is 2. The van der Waals surface area contributed by atoms with Crippen LogP contribution in [0.3, 0.4) is 0 Å². The molecule has 2 N–H and O–H groups in total. The molecule has 1 aromatic heterocycles. The van der Waals surface area contributed by atoms with Crippen LogP contribution in [-0.2, 0) is 11.3 Å². The van der Waals surface area contributed by atoms with Crippen LogP contribution >= 0.6 is 0 Å². The van der Waals surface area contributed by atoms with Crippen molar-refractivity contribution in [1.29, 1.82) is 0 Å². The summed E-state index contributed by atoms with van der Waals surface area (Å²) >= 11 is 0. The van der Waals surface area contributed by atoms with Crippen molar-refractivity contribution in [2.45, 2.75) is 33.4 Å². The predicted octanol–water partition coefficient (Wildman–Crippen LogP) is 2.68. The van der Waals surface area contributed by atoms with Gasteiger partial charge in [0.15, 0.2) is 0 Å². The maximum absolute atomic E-state index is 11.8. The van der Waals surface area contributed by atoms with Crippen LogP contribution < -0.4 is 10.6 Å². The van der Waals surface area contributed by atoms with Gasteiger partial charge in [-0.3, -0.25) is 10.1 Å². The Morgan fingerprint density at radius 3 is 2.70 bits per heavy atom. The number of furan rings is 1. The van der Waals surface area contributed by atoms with E-state index in [9.17, 15) is 4.79 Å². The van der Waals surface area contributed by atoms with Crippen molar-refractivity contribution >= 4 is 16.9 Å². The number of carbonyl (C=O) groups excluding carboxylic acids is 1. The monoisotopic (exact) mass is 274 g/mol. The third-order valence-electron chi connectivity index (χ3n) is 3.14. The summed E-state index contributed by atoms with van der Waals surface area (Å²) in [4.78, 5) is 11.8. The van der Waals surface area contributed by atoms with Crippen LogP contribution in [-0.4, -0.2) is 18.5 Å². The van der Waals surface area contributed by atoms with Gasteiger partial charge in [-0.05, 0) is 25.0 Å². The number of para-hydroxylation sites is 1. The molecule has 4 heteroatoms. The van der Waals surface area contributed by atoms with Crippen molar-refractivity contribution in [2.24, 2.45) is 5.92 Å². The van der Waals surface area contributed by atoms with E-state index < -0.39 is 0 Å². The summed E-state index contributed by atoms with van der Waals surface area (Å²) in [7, 11) is 0. The highest BCUT2D eigenvalue weighted by molar-refractivity contribution is 5.81. The summed E-state index contributed by atoms with van der Waals surface area (Å²) in [6.45, 7) is 7.26. The van der Waals surface area contributed by atoms with Gasteiger partial charge >= 0.3 is 0 Å². The molecule has 1 amide bonds. The molecule has 0 aliphatic carbocycles. The van der Waals surface area contributed by atoms with Gasteiger partial charge in [0, 0.05) is 11.9 Å². The third kappa shape index (κ3) is 3.84. The summed E-state index contributed by atoms with van der Waals surface area (Å²) in [5.74, 6) is 1.33. The largest absolute Gasteiger partial charge is 0.460 e. The molecule has 1 aromatic carbocycles. The fraction of sp³-hybridized carbons (Fsp3) is 0.438. The Balaban J connectivity index is 1.86. The van der Waals surface area contributed by atoms with E-state index in [1.807, 2.05) is 37.3 Å². The molecular formula is C16H22N2O2. The molecule has 1 heterocycles. The van der Waals surface area contributed by atoms with Crippen molar-refractivity contribution in [1.82, 2.24) is 10.6 Å². The van der Waals surface area contributed by atoms with E-state index in [2.05, 4.69) is 24.5 Å². The SMILES string of the molecule is CC(C)CNC(=O)C(C)NCc1cc2ccccc2o1. The Hall–Kier alpha value is -1.81. The van der Waals surface area contributed by atoms with Crippen LogP contribution in [0.1, 0.15) is 26.5 Å². The van der Waals surface area contributed by atoms with Crippen LogP contribution in [0.5, 0.6) is 0 Å². The predicted molar refractivity (Wildman–Crippen MR) is 80.4 cm³/mol. The van der Waals surface area contributed by atoms with E-state index in [-0.39, 0.29) is 11.9 Å². The highest BCUT2D eigenvalue weighted by Crippen LogP contribution is 2.18. The molecule has 0 spiro atoms. The van der Waals surface area contributed by atoms with Crippen molar-refractivity contribution in [3.63, 3.8) is 0 Å². The van der Waals surface area contributed by atoms with E-state index in [1.54, 1.807) is 0 Å². The van der Waals surface area contributed by atoms with E-state index in [1.165, 1.54) is 0 Å². The van der Waals surface area contributed by atoms with Crippen LogP contribution in [0, 0.1) is 5.92 Å². The number of hydrogen-bond acceptors (Lipinski definition) is 3. The summed E-state index contributed by atoms with van der Waals surface area (Å²) in [5, 5.41) is 7.17. The highest BCUT2D eigenvalue weighted by atomic mass is 16.3. The number of amides is 1. The molecule has 0 bridgehead atoms. The first-order valence-corrected chi connectivity index (χ1v) is 7.05. The Bertz CT molecular complexity index is 542. The average molecular weight is 274 g/mol. The lowest BCUT2D eigenvalue weighted by molar-refractivity contribution is -0.122. The van der Waals surface area contributed by atoms with Gasteiger partial charge in [-0.25, -0.2) is 0 Å². The molecule has 0 saturated heterocycles. The van der Waals surface area contributed by atoms with Gasteiger partial charge in [0.25, 0.3) is 0 Å². The first-order chi connectivity index (χ1) is 9.56. The second-order valence-corrected chi connectivity index (χ2v) is 5.49. The van der Waals surface area contributed by atoms with E-state index >= 15 is 0 Å². The first kappa shape index (κ1) is 14.6. The van der Waals surface area contributed by atoms with Gasteiger partial charge in [-0.15, -0.1) is 0 Å². The minimum atomic E-state index is -0.234. The quantitative estimate of drug-likeness (QED) is 0.851. The number of rotatable bonds is 6. The summed E-state index contributed by atoms with van der Waals surface area (Å²) in [6, 6.07) is 9.66. The van der Waals surface area contributed by atoms with Gasteiger partial charge in [-0.2, -0.15) is 0 Å². The van der Waals surface area contributed by atoms with Crippen molar-refractivity contribution in [2.75, 3.05) is 6.54 Å². The summed E-state index contributed by atoms with van der Waals surface area (Å²) in [6.07, 6.45) is 0. The van der Waals surface area contributed by atoms with E-state index in [4.69, 9.17) is 4.42 Å². The molecule has 0 aliphatic rings. The molecule has 2 aromatic rings. The second kappa shape index (κ2) is 6.57. The first-order valence-electron chi connectivity index (χ1n) is 7.05. The highest BCUT2D eigenvalue weighted by Gasteiger charge is 2.13. The topological polar surface area (TPSA) is 54.3 Å². The minimum Gasteiger partial charge on any atom is -0.460 e. The Labute approximate surface area is 119 Å². The fourth-order valence-corrected chi connectivity index (χ4v) is 1.93. The number of nitrogens with one attached hydrogen (secondary N) is 2. The molecule has 1 unspecified atom stereocenters. The van der Waals surface area contributed by atoms with Gasteiger partial charge in [0.2, 0.25) is 5.91 Å². The maximum Gasteiger partial charge on any atom is 0.236 e. The molecular weight excluding hydrogens is 252 g/mol. The van der Waals surface area contributed by atoms with Crippen LogP contribution in [0.15, 0.2) is 34.7 Å². The normalized spacial score (nSPS) is 12.8. The molecule has 20 heavy (non-hydrogen) atoms. The lowest BCUT2D eigenvalue weighted by Gasteiger charge is -2.14. The second-order valence-electron chi connectivity index (χ2n) is 5.49. The molecule has 2 rings (SSSR count). The van der Waals surface area contributed by atoms with Crippen LogP contribution in [0.2, 0.25) is 0 Å². The zero-order valence-electron chi connectivity index (χ0n) is 12.3. The van der Waals surface area contributed by atoms with Crippen LogP contribution in [0.25, 0.3) is 11.0 Å². The lowest BCUT2D eigenvalue weighted by Crippen LogP contribution is -2.42. The minimum absolute atomic E-state index is 0.0230. The Morgan fingerprint density at radius 2 is 2.00 bits per heavy atom. The van der Waals surface area contributed by atoms with E-state index in [0.29, 0.717) is 19.0 Å². The Morgan fingerprint density at radius 1 is 1.25 bits per heavy atom. The fourth-order valence-electron chi connectivity index (χ4n) is 1.93. The molecule has 0 saturated carbocycles. The zero-order chi connectivity index (χ0) is 14.5. The van der Waals surface area contributed by atoms with Crippen molar-refractivity contribution < 1.29 is 9.21 Å². The number of benzene rings is 1. The molecule has 4 nitrogen and oxygen atoms in total. The Kier molecular flexibility index (Phi) is 4.79. The molecule has 108 valence electrons. The smallest absolute Gasteiger partial charge is 0.236 e. The van der Waals surface area contributed by atoms with Gasteiger partial charge in [0.1, 0.15) is 11.3 Å². The summed E-state index contributed by atoms with van der Waals surface area (Å²) < 4.78 is 5.70. The molecule has 0 radical (unpaired) electrons. The summed E-state index contributed by atoms with van der Waals surface area (Å²) in [5.41, 5.74) is 0.876. The standard InChI is InChI=1S/C16H22N2O2/c1-11(2)9-18-16(19)12(3)17-10-14-8-13-6-4-5-7-15(13)20-14/h4-8,11-12,17H,9-10H2,1-3H3,(H,18,19). The number of fused-ring (bicyclic) bond motifs is 1. The number of carbonyl (C=O) groups is 1. The maximum atomic E-state index is 11.8. The van der Waals surface area contributed by atoms with Crippen molar-refractivity contribution in [3.05, 3.63) is 36.1 Å². The third-order valence-corrected chi connectivity index (χ3v) is 3.14. The van der Waals surface area contributed by atoms with E-state index in [0.717, 1.165) is 16.7 Å². The molecule has 1 atom stereocenters. The lowest BCUT2D eigenvalue weighted by atomic mass is 10.2.